The van der Waals surface area contributed by atoms with Gasteiger partial charge in [-0.15, -0.1) is 0 Å². The minimum absolute atomic E-state index is 0.626. The number of hydrogen-bond acceptors (Lipinski definition) is 4. The summed E-state index contributed by atoms with van der Waals surface area (Å²) >= 11 is 0. The quantitative estimate of drug-likeness (QED) is 0.447. The number of aliphatic imine (C=N–C) groups is 1. The highest BCUT2D eigenvalue weighted by molar-refractivity contribution is 5.79. The van der Waals surface area contributed by atoms with Crippen molar-refractivity contribution in [1.82, 2.24) is 10.6 Å². The van der Waals surface area contributed by atoms with E-state index in [4.69, 9.17) is 14.2 Å². The van der Waals surface area contributed by atoms with E-state index in [0.717, 1.165) is 43.6 Å². The molecule has 158 valence electrons. The van der Waals surface area contributed by atoms with Crippen LogP contribution in [0.3, 0.4) is 0 Å². The fraction of sp³-hybridized carbons (Fsp3) is 0.435. The standard InChI is InChI=1S/C23H33N3O3/c1-5-24-23(26-16-19-7-9-20(10-8-19)17-29-6-2)25-14-13-18-11-12-21(27-3)22(15-18)28-4/h7-12,15H,5-6,13-14,16-17H2,1-4H3,(H2,24,25,26). The predicted molar refractivity (Wildman–Crippen MR) is 118 cm³/mol. The summed E-state index contributed by atoms with van der Waals surface area (Å²) in [5, 5.41) is 6.69. The van der Waals surface area contributed by atoms with Crippen LogP contribution in [0.15, 0.2) is 47.5 Å². The van der Waals surface area contributed by atoms with Crippen molar-refractivity contribution in [3.05, 3.63) is 59.2 Å². The number of nitrogens with zero attached hydrogens (tertiary/aromatic N) is 1. The fourth-order valence-corrected chi connectivity index (χ4v) is 2.83. The number of guanidine groups is 1. The molecule has 2 rings (SSSR count). The third-order valence-electron chi connectivity index (χ3n) is 4.41. The van der Waals surface area contributed by atoms with Crippen LogP contribution >= 0.6 is 0 Å². The second-order valence-corrected chi connectivity index (χ2v) is 6.51. The molecule has 0 unspecified atom stereocenters. The summed E-state index contributed by atoms with van der Waals surface area (Å²) in [6, 6.07) is 14.4. The lowest BCUT2D eigenvalue weighted by atomic mass is 10.1. The molecule has 0 aliphatic heterocycles. The van der Waals surface area contributed by atoms with Crippen LogP contribution in [0.2, 0.25) is 0 Å². The first kappa shape index (κ1) is 22.6. The first-order valence-electron chi connectivity index (χ1n) is 10.1. The molecule has 29 heavy (non-hydrogen) atoms. The second-order valence-electron chi connectivity index (χ2n) is 6.51. The fourth-order valence-electron chi connectivity index (χ4n) is 2.83. The summed E-state index contributed by atoms with van der Waals surface area (Å²) < 4.78 is 16.1. The van der Waals surface area contributed by atoms with Gasteiger partial charge in [0.25, 0.3) is 0 Å². The lowest BCUT2D eigenvalue weighted by Crippen LogP contribution is -2.38. The molecule has 6 nitrogen and oxygen atoms in total. The molecule has 0 amide bonds. The highest BCUT2D eigenvalue weighted by Crippen LogP contribution is 2.27. The first-order chi connectivity index (χ1) is 14.2. The third-order valence-corrected chi connectivity index (χ3v) is 4.41. The minimum atomic E-state index is 0.626. The van der Waals surface area contributed by atoms with Gasteiger partial charge in [-0.3, -0.25) is 0 Å². The Morgan fingerprint density at radius 2 is 1.55 bits per heavy atom. The summed E-state index contributed by atoms with van der Waals surface area (Å²) in [7, 11) is 3.30. The predicted octanol–water partition coefficient (Wildman–Crippen LogP) is 3.54. The second kappa shape index (κ2) is 12.7. The lowest BCUT2D eigenvalue weighted by Gasteiger charge is -2.13. The Labute approximate surface area is 174 Å². The molecule has 0 aliphatic rings. The van der Waals surface area contributed by atoms with Crippen molar-refractivity contribution < 1.29 is 14.2 Å². The van der Waals surface area contributed by atoms with Gasteiger partial charge in [0.15, 0.2) is 17.5 Å². The van der Waals surface area contributed by atoms with Crippen LogP contribution in [-0.2, 0) is 24.3 Å². The average Bonchev–Trinajstić information content (AvgIpc) is 2.76. The largest absolute Gasteiger partial charge is 0.493 e. The molecule has 2 N–H and O–H groups in total. The number of rotatable bonds is 11. The smallest absolute Gasteiger partial charge is 0.191 e. The Bertz CT molecular complexity index is 760. The molecule has 0 heterocycles. The zero-order valence-electron chi connectivity index (χ0n) is 18.0. The van der Waals surface area contributed by atoms with Gasteiger partial charge in [-0.1, -0.05) is 30.3 Å². The Morgan fingerprint density at radius 3 is 2.21 bits per heavy atom. The molecule has 0 atom stereocenters. The number of benzene rings is 2. The van der Waals surface area contributed by atoms with Crippen molar-refractivity contribution in [1.29, 1.82) is 0 Å². The number of nitrogens with one attached hydrogen (secondary N) is 2. The van der Waals surface area contributed by atoms with Crippen molar-refractivity contribution in [3.8, 4) is 11.5 Å². The zero-order chi connectivity index (χ0) is 20.9. The molecule has 0 radical (unpaired) electrons. The Kier molecular flexibility index (Phi) is 9.86. The van der Waals surface area contributed by atoms with Gasteiger partial charge in [-0.25, -0.2) is 4.99 Å². The van der Waals surface area contributed by atoms with Crippen LogP contribution in [0.1, 0.15) is 30.5 Å². The molecule has 2 aromatic rings. The highest BCUT2D eigenvalue weighted by atomic mass is 16.5. The van der Waals surface area contributed by atoms with Gasteiger partial charge in [-0.05, 0) is 49.1 Å². The number of hydrogen-bond donors (Lipinski definition) is 2. The normalized spacial score (nSPS) is 11.2. The van der Waals surface area contributed by atoms with Crippen LogP contribution in [0, 0.1) is 0 Å². The Morgan fingerprint density at radius 1 is 0.862 bits per heavy atom. The molecule has 0 saturated carbocycles. The summed E-state index contributed by atoms with van der Waals surface area (Å²) in [5.74, 6) is 2.30. The van der Waals surface area contributed by atoms with Crippen molar-refractivity contribution >= 4 is 5.96 Å². The van der Waals surface area contributed by atoms with Crippen molar-refractivity contribution in [2.45, 2.75) is 33.4 Å². The monoisotopic (exact) mass is 399 g/mol. The van der Waals surface area contributed by atoms with E-state index in [0.29, 0.717) is 13.2 Å². The van der Waals surface area contributed by atoms with Crippen LogP contribution in [0.5, 0.6) is 11.5 Å². The van der Waals surface area contributed by atoms with Crippen LogP contribution < -0.4 is 20.1 Å². The Hall–Kier alpha value is -2.73. The van der Waals surface area contributed by atoms with Gasteiger partial charge in [0, 0.05) is 19.7 Å². The molecule has 2 aromatic carbocycles. The molecule has 0 saturated heterocycles. The minimum Gasteiger partial charge on any atom is -0.493 e. The topological polar surface area (TPSA) is 64.1 Å². The summed E-state index contributed by atoms with van der Waals surface area (Å²) in [4.78, 5) is 4.69. The molecular weight excluding hydrogens is 366 g/mol. The average molecular weight is 400 g/mol. The summed E-state index contributed by atoms with van der Waals surface area (Å²) in [6.07, 6.45) is 0.858. The van der Waals surface area contributed by atoms with Gasteiger partial charge < -0.3 is 24.8 Å². The van der Waals surface area contributed by atoms with E-state index >= 15 is 0 Å². The molecular formula is C23H33N3O3. The maximum atomic E-state index is 5.44. The van der Waals surface area contributed by atoms with E-state index in [1.54, 1.807) is 14.2 Å². The molecule has 0 fully saturated rings. The maximum absolute atomic E-state index is 5.44. The van der Waals surface area contributed by atoms with E-state index in [-0.39, 0.29) is 0 Å². The van der Waals surface area contributed by atoms with Crippen molar-refractivity contribution in [3.63, 3.8) is 0 Å². The number of ether oxygens (including phenoxy) is 3. The van der Waals surface area contributed by atoms with Gasteiger partial charge in [0.2, 0.25) is 0 Å². The van der Waals surface area contributed by atoms with Crippen LogP contribution in [0.25, 0.3) is 0 Å². The molecule has 0 bridgehead atoms. The van der Waals surface area contributed by atoms with Crippen LogP contribution in [-0.4, -0.2) is 39.9 Å². The van der Waals surface area contributed by atoms with Gasteiger partial charge in [-0.2, -0.15) is 0 Å². The first-order valence-corrected chi connectivity index (χ1v) is 10.1. The van der Waals surface area contributed by atoms with E-state index in [1.807, 2.05) is 19.1 Å². The van der Waals surface area contributed by atoms with Crippen molar-refractivity contribution in [2.75, 3.05) is 33.9 Å². The van der Waals surface area contributed by atoms with Gasteiger partial charge >= 0.3 is 0 Å². The molecule has 0 aromatic heterocycles. The van der Waals surface area contributed by atoms with E-state index in [9.17, 15) is 0 Å². The SMILES string of the molecule is CCNC(=NCc1ccc(COCC)cc1)NCCc1ccc(OC)c(OC)c1. The Balaban J connectivity index is 1.89. The molecule has 6 heteroatoms. The van der Waals surface area contributed by atoms with E-state index in [2.05, 4.69) is 52.9 Å². The summed E-state index contributed by atoms with van der Waals surface area (Å²) in [5.41, 5.74) is 3.53. The maximum Gasteiger partial charge on any atom is 0.191 e. The van der Waals surface area contributed by atoms with E-state index < -0.39 is 0 Å². The number of methoxy groups -OCH3 is 2. The molecule has 0 aliphatic carbocycles. The van der Waals surface area contributed by atoms with Gasteiger partial charge in [0.1, 0.15) is 0 Å². The van der Waals surface area contributed by atoms with Crippen molar-refractivity contribution in [2.24, 2.45) is 4.99 Å². The molecule has 0 spiro atoms. The zero-order valence-corrected chi connectivity index (χ0v) is 18.0. The lowest BCUT2D eigenvalue weighted by molar-refractivity contribution is 0.134. The highest BCUT2D eigenvalue weighted by Gasteiger charge is 2.05. The van der Waals surface area contributed by atoms with Crippen LogP contribution in [0.4, 0.5) is 0 Å². The summed E-state index contributed by atoms with van der Waals surface area (Å²) in [6.45, 7) is 7.66. The van der Waals surface area contributed by atoms with E-state index in [1.165, 1.54) is 16.7 Å². The third kappa shape index (κ3) is 7.66. The van der Waals surface area contributed by atoms with Gasteiger partial charge in [0.05, 0.1) is 27.4 Å².